The van der Waals surface area contributed by atoms with E-state index in [2.05, 4.69) is 15.6 Å². The van der Waals surface area contributed by atoms with E-state index >= 15 is 0 Å². The maximum absolute atomic E-state index is 12.2. The molecular weight excluding hydrogens is 445 g/mol. The summed E-state index contributed by atoms with van der Waals surface area (Å²) in [5.41, 5.74) is 1.97. The number of nitrogens with one attached hydrogen (secondary N) is 2. The van der Waals surface area contributed by atoms with Gasteiger partial charge in [-0.1, -0.05) is 59.6 Å². The molecule has 0 saturated heterocycles. The first-order valence-corrected chi connectivity index (χ1v) is 10.7. The van der Waals surface area contributed by atoms with E-state index in [0.29, 0.717) is 21.7 Å². The first-order chi connectivity index (χ1) is 14.4. The minimum Gasteiger partial charge on any atom is -0.451 e. The fourth-order valence-corrected chi connectivity index (χ4v) is 3.89. The number of benzene rings is 2. The van der Waals surface area contributed by atoms with Crippen molar-refractivity contribution in [3.8, 4) is 0 Å². The predicted octanol–water partition coefficient (Wildman–Crippen LogP) is 5.10. The van der Waals surface area contributed by atoms with Crippen molar-refractivity contribution in [1.82, 2.24) is 10.3 Å². The molecule has 0 spiro atoms. The lowest BCUT2D eigenvalue weighted by Gasteiger charge is -2.15. The standard InChI is InChI=1S/C21H19Cl2N3O3S/c1-13(16-8-7-15(22)9-17(16)23)25-19(27)11-29-20(28)18-12-30-21(26-18)24-10-14-5-3-2-4-6-14/h2-9,12-13H,10-11H2,1H3,(H,24,26)(H,25,27). The summed E-state index contributed by atoms with van der Waals surface area (Å²) in [6.07, 6.45) is 0. The van der Waals surface area contributed by atoms with Crippen LogP contribution in [-0.4, -0.2) is 23.5 Å². The van der Waals surface area contributed by atoms with Crippen LogP contribution in [0.2, 0.25) is 10.0 Å². The summed E-state index contributed by atoms with van der Waals surface area (Å²) < 4.78 is 5.06. The van der Waals surface area contributed by atoms with Gasteiger partial charge in [0.05, 0.1) is 6.04 Å². The number of nitrogens with zero attached hydrogens (tertiary/aromatic N) is 1. The van der Waals surface area contributed by atoms with Gasteiger partial charge in [-0.15, -0.1) is 11.3 Å². The van der Waals surface area contributed by atoms with Crippen LogP contribution < -0.4 is 10.6 Å². The van der Waals surface area contributed by atoms with Crippen LogP contribution in [0.25, 0.3) is 0 Å². The molecule has 1 atom stereocenters. The molecule has 6 nitrogen and oxygen atoms in total. The van der Waals surface area contributed by atoms with Gasteiger partial charge in [0.15, 0.2) is 17.4 Å². The van der Waals surface area contributed by atoms with Gasteiger partial charge in [0, 0.05) is 22.0 Å². The Hall–Kier alpha value is -2.61. The first kappa shape index (κ1) is 22.1. The zero-order valence-electron chi connectivity index (χ0n) is 16.0. The number of thiazole rings is 1. The molecule has 0 radical (unpaired) electrons. The van der Waals surface area contributed by atoms with Crippen molar-refractivity contribution in [3.05, 3.63) is 80.8 Å². The topological polar surface area (TPSA) is 80.3 Å². The third kappa shape index (κ3) is 6.19. The van der Waals surface area contributed by atoms with Gasteiger partial charge in [-0.25, -0.2) is 9.78 Å². The number of halogens is 2. The van der Waals surface area contributed by atoms with E-state index in [1.54, 1.807) is 30.5 Å². The Labute approximate surface area is 188 Å². The third-order valence-electron chi connectivity index (χ3n) is 4.14. The van der Waals surface area contributed by atoms with E-state index in [9.17, 15) is 9.59 Å². The lowest BCUT2D eigenvalue weighted by Crippen LogP contribution is -2.31. The van der Waals surface area contributed by atoms with E-state index in [0.717, 1.165) is 11.1 Å². The molecule has 1 aromatic heterocycles. The van der Waals surface area contributed by atoms with E-state index in [1.165, 1.54) is 11.3 Å². The Morgan fingerprint density at radius 3 is 2.67 bits per heavy atom. The molecule has 0 fully saturated rings. The van der Waals surface area contributed by atoms with E-state index in [1.807, 2.05) is 30.3 Å². The lowest BCUT2D eigenvalue weighted by molar-refractivity contribution is -0.124. The summed E-state index contributed by atoms with van der Waals surface area (Å²) in [6, 6.07) is 14.5. The van der Waals surface area contributed by atoms with Crippen LogP contribution in [0.15, 0.2) is 53.9 Å². The second-order valence-corrected chi connectivity index (χ2v) is 8.11. The Morgan fingerprint density at radius 1 is 1.17 bits per heavy atom. The molecule has 156 valence electrons. The summed E-state index contributed by atoms with van der Waals surface area (Å²) in [4.78, 5) is 28.5. The van der Waals surface area contributed by atoms with Crippen LogP contribution in [-0.2, 0) is 16.1 Å². The van der Waals surface area contributed by atoms with Crippen LogP contribution in [0.4, 0.5) is 5.13 Å². The molecule has 1 heterocycles. The number of carbonyl (C=O) groups is 2. The Balaban J connectivity index is 1.47. The molecule has 2 N–H and O–H groups in total. The molecule has 0 aliphatic carbocycles. The average molecular weight is 464 g/mol. The van der Waals surface area contributed by atoms with E-state index in [4.69, 9.17) is 27.9 Å². The summed E-state index contributed by atoms with van der Waals surface area (Å²) in [5.74, 6) is -1.11. The highest BCUT2D eigenvalue weighted by atomic mass is 35.5. The van der Waals surface area contributed by atoms with Crippen LogP contribution in [0, 0.1) is 0 Å². The van der Waals surface area contributed by atoms with Gasteiger partial charge in [0.1, 0.15) is 0 Å². The number of rotatable bonds is 8. The first-order valence-electron chi connectivity index (χ1n) is 9.07. The average Bonchev–Trinajstić information content (AvgIpc) is 3.20. The Morgan fingerprint density at radius 2 is 1.93 bits per heavy atom. The van der Waals surface area contributed by atoms with Gasteiger partial charge in [-0.2, -0.15) is 0 Å². The molecule has 0 bridgehead atoms. The maximum Gasteiger partial charge on any atom is 0.358 e. The van der Waals surface area contributed by atoms with Gasteiger partial charge < -0.3 is 15.4 Å². The zero-order valence-corrected chi connectivity index (χ0v) is 18.4. The molecule has 0 aliphatic rings. The van der Waals surface area contributed by atoms with Crippen molar-refractivity contribution in [2.75, 3.05) is 11.9 Å². The van der Waals surface area contributed by atoms with Crippen LogP contribution in [0.3, 0.4) is 0 Å². The van der Waals surface area contributed by atoms with Crippen molar-refractivity contribution < 1.29 is 14.3 Å². The number of carbonyl (C=O) groups excluding carboxylic acids is 2. The number of esters is 1. The summed E-state index contributed by atoms with van der Waals surface area (Å²) >= 11 is 13.3. The minimum atomic E-state index is -0.661. The van der Waals surface area contributed by atoms with Gasteiger partial charge in [-0.3, -0.25) is 4.79 Å². The molecule has 1 amide bonds. The number of amides is 1. The highest BCUT2D eigenvalue weighted by molar-refractivity contribution is 7.13. The maximum atomic E-state index is 12.2. The van der Waals surface area contributed by atoms with Crippen LogP contribution >= 0.6 is 34.5 Å². The second-order valence-electron chi connectivity index (χ2n) is 6.41. The van der Waals surface area contributed by atoms with Crippen molar-refractivity contribution in [2.24, 2.45) is 0 Å². The number of ether oxygens (including phenoxy) is 1. The van der Waals surface area contributed by atoms with Crippen LogP contribution in [0.5, 0.6) is 0 Å². The summed E-state index contributed by atoms with van der Waals surface area (Å²) in [6.45, 7) is 1.95. The zero-order chi connectivity index (χ0) is 21.5. The van der Waals surface area contributed by atoms with Crippen molar-refractivity contribution in [2.45, 2.75) is 19.5 Å². The third-order valence-corrected chi connectivity index (χ3v) is 5.50. The van der Waals surface area contributed by atoms with Gasteiger partial charge in [0.2, 0.25) is 0 Å². The van der Waals surface area contributed by atoms with Crippen LogP contribution in [0.1, 0.15) is 34.6 Å². The molecule has 0 saturated carbocycles. The van der Waals surface area contributed by atoms with Crippen molar-refractivity contribution in [1.29, 1.82) is 0 Å². The SMILES string of the molecule is CC(NC(=O)COC(=O)c1csc(NCc2ccccc2)n1)c1ccc(Cl)cc1Cl. The van der Waals surface area contributed by atoms with Gasteiger partial charge in [-0.05, 0) is 30.2 Å². The fraction of sp³-hybridized carbons (Fsp3) is 0.190. The molecule has 3 rings (SSSR count). The number of aromatic nitrogens is 1. The molecular formula is C21H19Cl2N3O3S. The fourth-order valence-electron chi connectivity index (χ4n) is 2.64. The quantitative estimate of drug-likeness (QED) is 0.454. The van der Waals surface area contributed by atoms with Gasteiger partial charge in [0.25, 0.3) is 5.91 Å². The van der Waals surface area contributed by atoms with Crippen molar-refractivity contribution >= 4 is 51.5 Å². The normalized spacial score (nSPS) is 11.6. The number of anilines is 1. The lowest BCUT2D eigenvalue weighted by atomic mass is 10.1. The Kier molecular flexibility index (Phi) is 7.68. The Bertz CT molecular complexity index is 1030. The summed E-state index contributed by atoms with van der Waals surface area (Å²) in [5, 5.41) is 9.03. The second kappa shape index (κ2) is 10.4. The number of hydrogen-bond donors (Lipinski definition) is 2. The highest BCUT2D eigenvalue weighted by Crippen LogP contribution is 2.26. The molecule has 0 aliphatic heterocycles. The van der Waals surface area contributed by atoms with Gasteiger partial charge >= 0.3 is 5.97 Å². The molecule has 30 heavy (non-hydrogen) atoms. The smallest absolute Gasteiger partial charge is 0.358 e. The van der Waals surface area contributed by atoms with E-state index < -0.39 is 18.5 Å². The largest absolute Gasteiger partial charge is 0.451 e. The minimum absolute atomic E-state index is 0.150. The van der Waals surface area contributed by atoms with Crippen molar-refractivity contribution in [3.63, 3.8) is 0 Å². The summed E-state index contributed by atoms with van der Waals surface area (Å²) in [7, 11) is 0. The molecule has 9 heteroatoms. The highest BCUT2D eigenvalue weighted by Gasteiger charge is 2.17. The monoisotopic (exact) mass is 463 g/mol. The molecule has 2 aromatic carbocycles. The molecule has 1 unspecified atom stereocenters. The number of hydrogen-bond acceptors (Lipinski definition) is 6. The molecule has 3 aromatic rings. The van der Waals surface area contributed by atoms with E-state index in [-0.39, 0.29) is 11.7 Å². The predicted molar refractivity (Wildman–Crippen MR) is 119 cm³/mol.